The molecule has 6 atom stereocenters. The van der Waals surface area contributed by atoms with Crippen LogP contribution >= 0.6 is 0 Å². The summed E-state index contributed by atoms with van der Waals surface area (Å²) in [5, 5.41) is 13.0. The zero-order chi connectivity index (χ0) is 21.5. The van der Waals surface area contributed by atoms with Crippen molar-refractivity contribution in [2.45, 2.75) is 25.2 Å². The minimum absolute atomic E-state index is 0.0759. The summed E-state index contributed by atoms with van der Waals surface area (Å²) in [6, 6.07) is 7.30. The largest absolute Gasteiger partial charge is 0.369 e. The molecule has 1 amide bonds. The van der Waals surface area contributed by atoms with Crippen LogP contribution < -0.4 is 27.0 Å². The standard InChI is InChI=1S/C21H26FN7O2/c1-31-21-25-8-11-5-10-6-14(11)17(16(10)18(23)30)28-19-15(22)9-24-20(29-19)26-12-3-2-4-13(7-12)27-21/h2-4,7,9-11,14,16-17,21,25,27H,5-6,8H2,1H3,(H2,23,30)(H2,24,26,28,29)/t10-,11?,14-,16+,17-,21?/m1/s1. The molecule has 2 fully saturated rings. The molecule has 1 aromatic carbocycles. The Labute approximate surface area is 179 Å². The smallest absolute Gasteiger partial charge is 0.229 e. The van der Waals surface area contributed by atoms with E-state index in [1.54, 1.807) is 7.11 Å². The van der Waals surface area contributed by atoms with Gasteiger partial charge in [0.15, 0.2) is 18.0 Å². The number of benzene rings is 1. The number of ether oxygens (including phenoxy) is 1. The van der Waals surface area contributed by atoms with E-state index in [4.69, 9.17) is 10.5 Å². The summed E-state index contributed by atoms with van der Waals surface area (Å²) in [6.07, 6.45) is 2.52. The Balaban J connectivity index is 1.53. The van der Waals surface area contributed by atoms with Crippen LogP contribution in [0.2, 0.25) is 0 Å². The van der Waals surface area contributed by atoms with Gasteiger partial charge in [-0.15, -0.1) is 0 Å². The normalized spacial score (nSPS) is 31.5. The number of carbonyl (C=O) groups excluding carboxylic acids is 1. The monoisotopic (exact) mass is 427 g/mol. The zero-order valence-corrected chi connectivity index (χ0v) is 17.1. The van der Waals surface area contributed by atoms with E-state index >= 15 is 0 Å². The van der Waals surface area contributed by atoms with Crippen molar-refractivity contribution in [2.75, 3.05) is 29.6 Å². The molecule has 164 valence electrons. The van der Waals surface area contributed by atoms with E-state index < -0.39 is 5.82 Å². The maximum atomic E-state index is 14.6. The van der Waals surface area contributed by atoms with E-state index in [1.165, 1.54) is 0 Å². The van der Waals surface area contributed by atoms with Gasteiger partial charge < -0.3 is 26.4 Å². The van der Waals surface area contributed by atoms with Gasteiger partial charge in [-0.1, -0.05) is 6.07 Å². The molecule has 31 heavy (non-hydrogen) atoms. The van der Waals surface area contributed by atoms with Crippen LogP contribution in [0.4, 0.5) is 27.5 Å². The molecule has 5 rings (SSSR count). The molecule has 1 aromatic heterocycles. The Morgan fingerprint density at radius 2 is 2.06 bits per heavy atom. The molecule has 0 saturated heterocycles. The minimum atomic E-state index is -0.564. The van der Waals surface area contributed by atoms with Crippen molar-refractivity contribution in [3.8, 4) is 0 Å². The number of halogens is 1. The summed E-state index contributed by atoms with van der Waals surface area (Å²) in [4.78, 5) is 20.6. The summed E-state index contributed by atoms with van der Waals surface area (Å²) in [5.41, 5.74) is 7.32. The molecule has 3 aliphatic rings. The summed E-state index contributed by atoms with van der Waals surface area (Å²) in [6.45, 7) is 0.700. The van der Waals surface area contributed by atoms with Crippen molar-refractivity contribution < 1.29 is 13.9 Å². The third-order valence-electron chi connectivity index (χ3n) is 6.74. The number of nitrogens with one attached hydrogen (secondary N) is 4. The average molecular weight is 427 g/mol. The number of fused-ring (bicyclic) bond motifs is 5. The van der Waals surface area contributed by atoms with Crippen molar-refractivity contribution >= 4 is 29.0 Å². The number of methoxy groups -OCH3 is 1. The molecule has 2 aromatic rings. The second-order valence-electron chi connectivity index (χ2n) is 8.52. The second kappa shape index (κ2) is 7.93. The highest BCUT2D eigenvalue weighted by Gasteiger charge is 2.54. The Kier molecular flexibility index (Phi) is 5.11. The highest BCUT2D eigenvalue weighted by Crippen LogP contribution is 2.52. The lowest BCUT2D eigenvalue weighted by Crippen LogP contribution is -2.48. The average Bonchev–Trinajstić information content (AvgIpc) is 3.31. The van der Waals surface area contributed by atoms with E-state index in [1.807, 2.05) is 24.3 Å². The number of hydrogen-bond donors (Lipinski definition) is 5. The van der Waals surface area contributed by atoms with Gasteiger partial charge in [0.05, 0.1) is 12.1 Å². The first-order chi connectivity index (χ1) is 15.0. The molecule has 1 aliphatic heterocycles. The maximum absolute atomic E-state index is 14.6. The quantitative estimate of drug-likeness (QED) is 0.492. The highest BCUT2D eigenvalue weighted by molar-refractivity contribution is 5.79. The maximum Gasteiger partial charge on any atom is 0.229 e. The number of hydrogen-bond acceptors (Lipinski definition) is 8. The molecule has 6 N–H and O–H groups in total. The Morgan fingerprint density at radius 1 is 1.23 bits per heavy atom. The number of nitrogens with zero attached hydrogens (tertiary/aromatic N) is 2. The molecular weight excluding hydrogens is 401 g/mol. The van der Waals surface area contributed by atoms with Crippen molar-refractivity contribution in [2.24, 2.45) is 29.4 Å². The van der Waals surface area contributed by atoms with Crippen LogP contribution in [-0.2, 0) is 9.53 Å². The van der Waals surface area contributed by atoms with Gasteiger partial charge in [0.2, 0.25) is 11.9 Å². The molecular formula is C21H26FN7O2. The van der Waals surface area contributed by atoms with Crippen LogP contribution in [0.3, 0.4) is 0 Å². The van der Waals surface area contributed by atoms with Crippen LogP contribution in [0.25, 0.3) is 0 Å². The van der Waals surface area contributed by atoms with E-state index in [0.717, 1.165) is 30.4 Å². The van der Waals surface area contributed by atoms with E-state index in [2.05, 4.69) is 31.2 Å². The summed E-state index contributed by atoms with van der Waals surface area (Å²) in [5.74, 6) is -0.288. The van der Waals surface area contributed by atoms with Gasteiger partial charge in [-0.2, -0.15) is 4.98 Å². The molecule has 0 radical (unpaired) electrons. The Bertz CT molecular complexity index is 990. The van der Waals surface area contributed by atoms with Crippen molar-refractivity contribution in [1.82, 2.24) is 15.3 Å². The van der Waals surface area contributed by atoms with Crippen LogP contribution in [0.1, 0.15) is 12.8 Å². The van der Waals surface area contributed by atoms with Crippen LogP contribution in [-0.4, -0.2) is 41.9 Å². The lowest BCUT2D eigenvalue weighted by molar-refractivity contribution is -0.123. The van der Waals surface area contributed by atoms with Gasteiger partial charge >= 0.3 is 0 Å². The first kappa shape index (κ1) is 20.0. The van der Waals surface area contributed by atoms with E-state index in [9.17, 15) is 9.18 Å². The van der Waals surface area contributed by atoms with Gasteiger partial charge in [-0.3, -0.25) is 10.1 Å². The fourth-order valence-corrected chi connectivity index (χ4v) is 5.44. The van der Waals surface area contributed by atoms with Gasteiger partial charge in [0, 0.05) is 31.1 Å². The number of nitrogens with two attached hydrogens (primary N) is 1. The van der Waals surface area contributed by atoms with Crippen LogP contribution in [0.5, 0.6) is 0 Å². The second-order valence-corrected chi connectivity index (χ2v) is 8.52. The van der Waals surface area contributed by atoms with Gasteiger partial charge in [-0.05, 0) is 48.8 Å². The topological polar surface area (TPSA) is 126 Å². The zero-order valence-electron chi connectivity index (χ0n) is 17.1. The number of amides is 1. The summed E-state index contributed by atoms with van der Waals surface area (Å²) < 4.78 is 20.1. The molecule has 2 aliphatic carbocycles. The summed E-state index contributed by atoms with van der Waals surface area (Å²) >= 11 is 0. The third kappa shape index (κ3) is 3.77. The SMILES string of the molecule is COC1NCC2C[C@@H]3C[C@H]2[C@@H](Nc2nc(ncc2F)Nc2cccc(c2)N1)[C@H]3C(N)=O. The number of rotatable bonds is 2. The third-order valence-corrected chi connectivity index (χ3v) is 6.74. The lowest BCUT2D eigenvalue weighted by atomic mass is 9.77. The molecule has 2 unspecified atom stereocenters. The first-order valence-corrected chi connectivity index (χ1v) is 10.5. The van der Waals surface area contributed by atoms with Crippen molar-refractivity contribution in [3.05, 3.63) is 36.3 Å². The fourth-order valence-electron chi connectivity index (χ4n) is 5.44. The predicted octanol–water partition coefficient (Wildman–Crippen LogP) is 1.84. The van der Waals surface area contributed by atoms with E-state index in [-0.39, 0.29) is 47.8 Å². The van der Waals surface area contributed by atoms with Crippen LogP contribution in [0.15, 0.2) is 30.5 Å². The van der Waals surface area contributed by atoms with E-state index in [0.29, 0.717) is 12.5 Å². The molecule has 0 spiro atoms. The predicted molar refractivity (Wildman–Crippen MR) is 114 cm³/mol. The Morgan fingerprint density at radius 3 is 2.87 bits per heavy atom. The lowest BCUT2D eigenvalue weighted by Gasteiger charge is -2.36. The highest BCUT2D eigenvalue weighted by atomic mass is 19.1. The molecule has 2 saturated carbocycles. The van der Waals surface area contributed by atoms with Gasteiger partial charge in [-0.25, -0.2) is 9.37 Å². The molecule has 2 heterocycles. The number of primary amides is 1. The summed E-state index contributed by atoms with van der Waals surface area (Å²) in [7, 11) is 1.64. The minimum Gasteiger partial charge on any atom is -0.369 e. The number of anilines is 4. The van der Waals surface area contributed by atoms with Crippen molar-refractivity contribution in [1.29, 1.82) is 0 Å². The molecule has 10 heteroatoms. The Hall–Kier alpha value is -2.98. The number of aromatic nitrogens is 2. The fraction of sp³-hybridized carbons (Fsp3) is 0.476. The van der Waals surface area contributed by atoms with Crippen molar-refractivity contribution in [3.63, 3.8) is 0 Å². The van der Waals surface area contributed by atoms with Gasteiger partial charge in [0.1, 0.15) is 0 Å². The van der Waals surface area contributed by atoms with Gasteiger partial charge in [0.25, 0.3) is 0 Å². The first-order valence-electron chi connectivity index (χ1n) is 10.5. The number of carbonyl (C=O) groups is 1. The van der Waals surface area contributed by atoms with Crippen LogP contribution in [0, 0.1) is 29.5 Å². The molecule has 6 bridgehead atoms. The molecule has 9 nitrogen and oxygen atoms in total.